The first-order chi connectivity index (χ1) is 12.1. The van der Waals surface area contributed by atoms with Crippen molar-refractivity contribution in [3.05, 3.63) is 29.8 Å². The van der Waals surface area contributed by atoms with Crippen molar-refractivity contribution in [1.29, 1.82) is 0 Å². The Balaban J connectivity index is 1.72. The molecule has 1 aliphatic rings. The van der Waals surface area contributed by atoms with Crippen LogP contribution in [0.4, 0.5) is 5.69 Å². The Morgan fingerprint density at radius 3 is 2.16 bits per heavy atom. The van der Waals surface area contributed by atoms with Gasteiger partial charge < -0.3 is 20.4 Å². The lowest BCUT2D eigenvalue weighted by atomic mass is 10.1. The minimum Gasteiger partial charge on any atom is -0.351 e. The van der Waals surface area contributed by atoms with Gasteiger partial charge in [-0.2, -0.15) is 0 Å². The van der Waals surface area contributed by atoms with Crippen LogP contribution in [0.1, 0.15) is 25.8 Å². The molecule has 1 saturated heterocycles. The van der Waals surface area contributed by atoms with Gasteiger partial charge in [0.2, 0.25) is 0 Å². The first-order valence-electron chi connectivity index (χ1n) is 9.44. The topological polar surface area (TPSA) is 67.1 Å². The Bertz CT molecular complexity index is 568. The van der Waals surface area contributed by atoms with E-state index in [9.17, 15) is 9.59 Å². The van der Waals surface area contributed by atoms with Crippen molar-refractivity contribution < 1.29 is 19.4 Å². The Kier molecular flexibility index (Phi) is 7.88. The number of piperazine rings is 1. The molecule has 1 heterocycles. The molecule has 0 aliphatic carbocycles. The number of benzene rings is 1. The predicted octanol–water partition coefficient (Wildman–Crippen LogP) is -1.50. The van der Waals surface area contributed by atoms with Crippen LogP contribution in [0, 0.1) is 0 Å². The molecule has 0 radical (unpaired) electrons. The fourth-order valence-electron chi connectivity index (χ4n) is 3.24. The molecule has 1 aliphatic heterocycles. The number of nitrogens with one attached hydrogen (secondary N) is 4. The van der Waals surface area contributed by atoms with Crippen LogP contribution >= 0.6 is 0 Å². The zero-order chi connectivity index (χ0) is 18.1. The highest BCUT2D eigenvalue weighted by molar-refractivity contribution is 5.92. The number of carbonyl (C=O) groups excluding carboxylic acids is 2. The summed E-state index contributed by atoms with van der Waals surface area (Å²) in [6, 6.07) is 7.96. The van der Waals surface area contributed by atoms with Crippen LogP contribution in [0.15, 0.2) is 24.3 Å². The molecule has 0 spiro atoms. The Labute approximate surface area is 150 Å². The first kappa shape index (κ1) is 19.4. The van der Waals surface area contributed by atoms with Gasteiger partial charge in [-0.15, -0.1) is 0 Å². The van der Waals surface area contributed by atoms with Crippen molar-refractivity contribution in [1.82, 2.24) is 5.32 Å². The second-order valence-corrected chi connectivity index (χ2v) is 6.76. The monoisotopic (exact) mass is 348 g/mol. The van der Waals surface area contributed by atoms with E-state index < -0.39 is 0 Å². The Hall–Kier alpha value is -1.92. The largest absolute Gasteiger partial charge is 0.351 e. The normalized spacial score (nSPS) is 20.1. The molecule has 1 aromatic rings. The minimum absolute atomic E-state index is 0.0695. The molecule has 0 unspecified atom stereocenters. The maximum absolute atomic E-state index is 12.3. The highest BCUT2D eigenvalue weighted by atomic mass is 16.2. The van der Waals surface area contributed by atoms with Crippen molar-refractivity contribution in [2.24, 2.45) is 0 Å². The summed E-state index contributed by atoms with van der Waals surface area (Å²) in [7, 11) is 0. The van der Waals surface area contributed by atoms with E-state index in [4.69, 9.17) is 0 Å². The summed E-state index contributed by atoms with van der Waals surface area (Å²) in [5.74, 6) is 0.203. The van der Waals surface area contributed by atoms with Crippen molar-refractivity contribution in [3.8, 4) is 0 Å². The van der Waals surface area contributed by atoms with Gasteiger partial charge in [0, 0.05) is 12.2 Å². The highest BCUT2D eigenvalue weighted by Gasteiger charge is 2.26. The fourth-order valence-corrected chi connectivity index (χ4v) is 3.24. The van der Waals surface area contributed by atoms with Crippen LogP contribution < -0.4 is 20.4 Å². The zero-order valence-corrected chi connectivity index (χ0v) is 15.5. The zero-order valence-electron chi connectivity index (χ0n) is 15.5. The summed E-state index contributed by atoms with van der Waals surface area (Å²) in [5.41, 5.74) is 2.09. The summed E-state index contributed by atoms with van der Waals surface area (Å²) in [6.07, 6.45) is 1.88. The van der Waals surface area contributed by atoms with Crippen LogP contribution in [0.2, 0.25) is 0 Å². The van der Waals surface area contributed by atoms with Gasteiger partial charge in [0.15, 0.2) is 13.1 Å². The molecule has 0 bridgehead atoms. The SMILES string of the molecule is CCCNC(=O)C[NH+]1CC[NH+](CC(=O)Nc2ccccc2CC)CC1. The highest BCUT2D eigenvalue weighted by Crippen LogP contribution is 2.14. The van der Waals surface area contributed by atoms with Gasteiger partial charge in [0.1, 0.15) is 26.2 Å². The molecule has 25 heavy (non-hydrogen) atoms. The summed E-state index contributed by atoms with van der Waals surface area (Å²) < 4.78 is 0. The van der Waals surface area contributed by atoms with Gasteiger partial charge in [0.05, 0.1) is 0 Å². The molecule has 1 fully saturated rings. The third kappa shape index (κ3) is 6.48. The molecule has 6 nitrogen and oxygen atoms in total. The minimum atomic E-state index is 0.0695. The van der Waals surface area contributed by atoms with Crippen molar-refractivity contribution in [2.45, 2.75) is 26.7 Å². The molecule has 1 aromatic carbocycles. The number of anilines is 1. The van der Waals surface area contributed by atoms with E-state index in [1.807, 2.05) is 24.3 Å². The Morgan fingerprint density at radius 1 is 0.960 bits per heavy atom. The molecule has 0 aromatic heterocycles. The van der Waals surface area contributed by atoms with Crippen molar-refractivity contribution in [3.63, 3.8) is 0 Å². The third-order valence-electron chi connectivity index (χ3n) is 4.73. The maximum atomic E-state index is 12.3. The quantitative estimate of drug-likeness (QED) is 0.462. The number of rotatable bonds is 8. The van der Waals surface area contributed by atoms with E-state index in [0.717, 1.165) is 51.3 Å². The predicted molar refractivity (Wildman–Crippen MR) is 98.9 cm³/mol. The standard InChI is InChI=1S/C19H30N4O2/c1-3-9-20-18(24)14-22-10-12-23(13-11-22)15-19(25)21-17-8-6-5-7-16(17)4-2/h5-8H,3-4,9-15H2,1-2H3,(H,20,24)(H,21,25)/p+2. The van der Waals surface area contributed by atoms with E-state index >= 15 is 0 Å². The van der Waals surface area contributed by atoms with Crippen molar-refractivity contribution in [2.75, 3.05) is 51.1 Å². The molecular formula is C19H32N4O2+2. The van der Waals surface area contributed by atoms with Gasteiger partial charge in [-0.1, -0.05) is 32.0 Å². The summed E-state index contributed by atoms with van der Waals surface area (Å²) >= 11 is 0. The third-order valence-corrected chi connectivity index (χ3v) is 4.73. The van der Waals surface area contributed by atoms with E-state index in [1.165, 1.54) is 15.4 Å². The molecule has 0 atom stereocenters. The van der Waals surface area contributed by atoms with Crippen LogP contribution in [0.3, 0.4) is 0 Å². The summed E-state index contributed by atoms with van der Waals surface area (Å²) in [6.45, 7) is 9.67. The van der Waals surface area contributed by atoms with E-state index in [2.05, 4.69) is 24.5 Å². The van der Waals surface area contributed by atoms with E-state index in [-0.39, 0.29) is 11.8 Å². The number of para-hydroxylation sites is 1. The lowest BCUT2D eigenvalue weighted by Gasteiger charge is -2.29. The van der Waals surface area contributed by atoms with Crippen LogP contribution in [0.5, 0.6) is 0 Å². The van der Waals surface area contributed by atoms with E-state index in [0.29, 0.717) is 13.1 Å². The van der Waals surface area contributed by atoms with Gasteiger partial charge in [-0.3, -0.25) is 9.59 Å². The number of hydrogen-bond donors (Lipinski definition) is 4. The number of aryl methyl sites for hydroxylation is 1. The van der Waals surface area contributed by atoms with Crippen LogP contribution in [-0.4, -0.2) is 57.6 Å². The van der Waals surface area contributed by atoms with Crippen LogP contribution in [0.25, 0.3) is 0 Å². The first-order valence-corrected chi connectivity index (χ1v) is 9.44. The molecule has 2 amide bonds. The van der Waals surface area contributed by atoms with Gasteiger partial charge >= 0.3 is 0 Å². The lowest BCUT2D eigenvalue weighted by molar-refractivity contribution is -1.00. The molecule has 6 heteroatoms. The number of hydrogen-bond acceptors (Lipinski definition) is 2. The second kappa shape index (κ2) is 10.2. The average Bonchev–Trinajstić information content (AvgIpc) is 2.62. The molecule has 2 rings (SSSR count). The maximum Gasteiger partial charge on any atom is 0.279 e. The van der Waals surface area contributed by atoms with Gasteiger partial charge in [0.25, 0.3) is 11.8 Å². The van der Waals surface area contributed by atoms with Gasteiger partial charge in [-0.05, 0) is 24.5 Å². The fraction of sp³-hybridized carbons (Fsp3) is 0.579. The molecule has 0 saturated carbocycles. The number of amides is 2. The average molecular weight is 348 g/mol. The molecule has 4 N–H and O–H groups in total. The summed E-state index contributed by atoms with van der Waals surface area (Å²) in [4.78, 5) is 26.7. The lowest BCUT2D eigenvalue weighted by Crippen LogP contribution is -3.28. The summed E-state index contributed by atoms with van der Waals surface area (Å²) in [5, 5.41) is 5.98. The Morgan fingerprint density at radius 2 is 1.56 bits per heavy atom. The van der Waals surface area contributed by atoms with Crippen LogP contribution in [-0.2, 0) is 16.0 Å². The number of quaternary nitrogens is 2. The number of carbonyl (C=O) groups is 2. The van der Waals surface area contributed by atoms with E-state index in [1.54, 1.807) is 0 Å². The smallest absolute Gasteiger partial charge is 0.279 e. The molecular weight excluding hydrogens is 316 g/mol. The van der Waals surface area contributed by atoms with Gasteiger partial charge in [-0.25, -0.2) is 0 Å². The molecule has 138 valence electrons. The second-order valence-electron chi connectivity index (χ2n) is 6.76. The van der Waals surface area contributed by atoms with Crippen molar-refractivity contribution >= 4 is 17.5 Å².